The van der Waals surface area contributed by atoms with Crippen LogP contribution in [0, 0.1) is 0 Å². The molecule has 0 spiro atoms. The number of aromatic nitrogens is 1. The Bertz CT molecular complexity index is 1530. The van der Waals surface area contributed by atoms with Crippen LogP contribution in [0.15, 0.2) is 130 Å². The van der Waals surface area contributed by atoms with Crippen LogP contribution in [0.5, 0.6) is 0 Å². The number of hydrogen-bond acceptors (Lipinski definition) is 7. The third-order valence-electron chi connectivity index (χ3n) is 5.18. The van der Waals surface area contributed by atoms with Crippen molar-refractivity contribution >= 4 is 37.1 Å². The summed E-state index contributed by atoms with van der Waals surface area (Å²) >= 11 is 0. The highest BCUT2D eigenvalue weighted by atomic mass is 32.3. The van der Waals surface area contributed by atoms with E-state index in [9.17, 15) is 21.6 Å². The number of benzene rings is 3. The van der Waals surface area contributed by atoms with Gasteiger partial charge in [-0.15, -0.1) is 0 Å². The van der Waals surface area contributed by atoms with Crippen molar-refractivity contribution in [2.45, 2.75) is 9.79 Å². The van der Waals surface area contributed by atoms with Gasteiger partial charge in [-0.1, -0.05) is 54.6 Å². The molecular weight excluding hydrogens is 498 g/mol. The predicted octanol–water partition coefficient (Wildman–Crippen LogP) is 4.07. The molecule has 2 N–H and O–H groups in total. The SMILES string of the molecule is NC(=O)c1ccc(N(C=C(S(=O)(=O)c2ccccc2)S(=O)(=O)c2ccccc2)c2ccccc2)nc1. The van der Waals surface area contributed by atoms with E-state index in [4.69, 9.17) is 5.73 Å². The molecule has 0 radical (unpaired) electrons. The fraction of sp³-hybridized carbons (Fsp3) is 0. The number of anilines is 2. The molecule has 4 rings (SSSR count). The van der Waals surface area contributed by atoms with Gasteiger partial charge in [-0.3, -0.25) is 9.69 Å². The summed E-state index contributed by atoms with van der Waals surface area (Å²) in [4.78, 5) is 16.7. The number of amides is 1. The second-order valence-corrected chi connectivity index (χ2v) is 11.7. The molecule has 8 nitrogen and oxygen atoms in total. The van der Waals surface area contributed by atoms with Gasteiger partial charge >= 0.3 is 0 Å². The molecule has 1 heterocycles. The number of pyridine rings is 1. The molecule has 182 valence electrons. The van der Waals surface area contributed by atoms with Crippen molar-refractivity contribution in [1.29, 1.82) is 0 Å². The molecule has 0 unspecified atom stereocenters. The van der Waals surface area contributed by atoms with Crippen LogP contribution in [0.1, 0.15) is 10.4 Å². The van der Waals surface area contributed by atoms with Crippen molar-refractivity contribution in [3.63, 3.8) is 0 Å². The second-order valence-electron chi connectivity index (χ2n) is 7.56. The molecule has 1 amide bonds. The molecule has 36 heavy (non-hydrogen) atoms. The van der Waals surface area contributed by atoms with Gasteiger partial charge in [0.2, 0.25) is 25.6 Å². The summed E-state index contributed by atoms with van der Waals surface area (Å²) in [5.41, 5.74) is 5.90. The van der Waals surface area contributed by atoms with Crippen LogP contribution < -0.4 is 10.6 Å². The smallest absolute Gasteiger partial charge is 0.250 e. The van der Waals surface area contributed by atoms with Gasteiger partial charge in [0, 0.05) is 18.1 Å². The van der Waals surface area contributed by atoms with E-state index in [1.165, 1.54) is 71.8 Å². The van der Waals surface area contributed by atoms with Gasteiger partial charge in [-0.25, -0.2) is 21.8 Å². The van der Waals surface area contributed by atoms with Crippen LogP contribution in [0.3, 0.4) is 0 Å². The first-order valence-electron chi connectivity index (χ1n) is 10.6. The Morgan fingerprint density at radius 2 is 1.17 bits per heavy atom. The molecule has 10 heteroatoms. The van der Waals surface area contributed by atoms with E-state index in [0.29, 0.717) is 5.69 Å². The first-order chi connectivity index (χ1) is 17.2. The fourth-order valence-electron chi connectivity index (χ4n) is 3.36. The lowest BCUT2D eigenvalue weighted by molar-refractivity contribution is 0.1000. The Morgan fingerprint density at radius 3 is 1.58 bits per heavy atom. The topological polar surface area (TPSA) is 127 Å². The Hall–Kier alpha value is -4.28. The summed E-state index contributed by atoms with van der Waals surface area (Å²) in [6.45, 7) is 0. The number of sulfone groups is 2. The van der Waals surface area contributed by atoms with Crippen molar-refractivity contribution in [2.75, 3.05) is 4.90 Å². The van der Waals surface area contributed by atoms with Gasteiger partial charge in [0.05, 0.1) is 15.4 Å². The molecule has 0 fully saturated rings. The maximum absolute atomic E-state index is 13.7. The Balaban J connectivity index is 2.00. The summed E-state index contributed by atoms with van der Waals surface area (Å²) in [5, 5.41) is 0. The number of carbonyl (C=O) groups excluding carboxylic acids is 1. The van der Waals surface area contributed by atoms with E-state index >= 15 is 0 Å². The maximum atomic E-state index is 13.7. The minimum atomic E-state index is -4.51. The van der Waals surface area contributed by atoms with Crippen LogP contribution in [0.25, 0.3) is 0 Å². The minimum absolute atomic E-state index is 0.143. The molecule has 0 aliphatic heterocycles. The van der Waals surface area contributed by atoms with E-state index in [1.807, 2.05) is 0 Å². The van der Waals surface area contributed by atoms with Crippen molar-refractivity contribution in [2.24, 2.45) is 5.73 Å². The molecular formula is C26H21N3O5S2. The third kappa shape index (κ3) is 5.04. The lowest BCUT2D eigenvalue weighted by atomic mass is 10.2. The Labute approximate surface area is 209 Å². The van der Waals surface area contributed by atoms with Crippen molar-refractivity contribution in [3.05, 3.63) is 125 Å². The lowest BCUT2D eigenvalue weighted by Crippen LogP contribution is -2.20. The average molecular weight is 520 g/mol. The highest BCUT2D eigenvalue weighted by molar-refractivity contribution is 8.14. The summed E-state index contributed by atoms with van der Waals surface area (Å²) in [6, 6.07) is 26.0. The number of primary amides is 1. The second kappa shape index (κ2) is 10.1. The minimum Gasteiger partial charge on any atom is -0.366 e. The predicted molar refractivity (Wildman–Crippen MR) is 137 cm³/mol. The van der Waals surface area contributed by atoms with E-state index in [0.717, 1.165) is 6.20 Å². The number of nitrogens with two attached hydrogens (primary N) is 1. The average Bonchev–Trinajstić information content (AvgIpc) is 2.90. The molecule has 0 atom stereocenters. The van der Waals surface area contributed by atoms with Gasteiger partial charge in [0.1, 0.15) is 5.82 Å². The zero-order chi connectivity index (χ0) is 25.8. The lowest BCUT2D eigenvalue weighted by Gasteiger charge is -2.22. The number of nitrogens with zero attached hydrogens (tertiary/aromatic N) is 2. The highest BCUT2D eigenvalue weighted by Crippen LogP contribution is 2.33. The highest BCUT2D eigenvalue weighted by Gasteiger charge is 2.35. The zero-order valence-electron chi connectivity index (χ0n) is 18.8. The Kier molecular flexibility index (Phi) is 7.00. The molecule has 0 aliphatic rings. The summed E-state index contributed by atoms with van der Waals surface area (Å²) in [6.07, 6.45) is 2.27. The van der Waals surface area contributed by atoms with Crippen LogP contribution in [0.4, 0.5) is 11.5 Å². The van der Waals surface area contributed by atoms with Crippen molar-refractivity contribution in [3.8, 4) is 0 Å². The van der Waals surface area contributed by atoms with Crippen LogP contribution in [-0.4, -0.2) is 27.7 Å². The number of hydrogen-bond donors (Lipinski definition) is 1. The molecule has 4 aromatic rings. The van der Waals surface area contributed by atoms with Gasteiger partial charge < -0.3 is 5.73 Å². The van der Waals surface area contributed by atoms with Crippen LogP contribution in [-0.2, 0) is 19.7 Å². The first-order valence-corrected chi connectivity index (χ1v) is 13.6. The molecule has 0 aliphatic carbocycles. The van der Waals surface area contributed by atoms with Crippen molar-refractivity contribution in [1.82, 2.24) is 4.98 Å². The van der Waals surface area contributed by atoms with Gasteiger partial charge in [-0.05, 0) is 48.5 Å². The van der Waals surface area contributed by atoms with Gasteiger partial charge in [-0.2, -0.15) is 0 Å². The Morgan fingerprint density at radius 1 is 0.694 bits per heavy atom. The molecule has 3 aromatic carbocycles. The van der Waals surface area contributed by atoms with E-state index in [2.05, 4.69) is 4.98 Å². The molecule has 0 saturated carbocycles. The maximum Gasteiger partial charge on any atom is 0.250 e. The van der Waals surface area contributed by atoms with E-state index < -0.39 is 29.8 Å². The number of carbonyl (C=O) groups is 1. The van der Waals surface area contributed by atoms with Crippen LogP contribution >= 0.6 is 0 Å². The summed E-state index contributed by atoms with van der Waals surface area (Å²) in [5.74, 6) is -0.509. The number of para-hydroxylation sites is 1. The largest absolute Gasteiger partial charge is 0.366 e. The zero-order valence-corrected chi connectivity index (χ0v) is 20.4. The van der Waals surface area contributed by atoms with E-state index in [-0.39, 0.29) is 21.2 Å². The first kappa shape index (κ1) is 24.8. The number of rotatable bonds is 8. The normalized spacial score (nSPS) is 11.4. The van der Waals surface area contributed by atoms with Gasteiger partial charge in [0.25, 0.3) is 0 Å². The molecule has 1 aromatic heterocycles. The monoisotopic (exact) mass is 519 g/mol. The fourth-order valence-corrected chi connectivity index (χ4v) is 7.07. The quantitative estimate of drug-likeness (QED) is 0.372. The van der Waals surface area contributed by atoms with Crippen molar-refractivity contribution < 1.29 is 21.6 Å². The van der Waals surface area contributed by atoms with Gasteiger partial charge in [0.15, 0.2) is 4.24 Å². The molecule has 0 saturated heterocycles. The third-order valence-corrected chi connectivity index (χ3v) is 9.56. The summed E-state index contributed by atoms with van der Waals surface area (Å²) < 4.78 is 54.1. The van der Waals surface area contributed by atoms with E-state index in [1.54, 1.807) is 42.5 Å². The standard InChI is InChI=1S/C26H21N3O5S2/c27-26(30)20-16-17-24(28-18-20)29(21-10-4-1-5-11-21)19-25(35(31,32)22-12-6-2-7-13-22)36(33,34)23-14-8-3-9-15-23/h1-19H,(H2,27,30). The molecule has 0 bridgehead atoms. The van der Waals surface area contributed by atoms with Crippen LogP contribution in [0.2, 0.25) is 0 Å². The summed E-state index contributed by atoms with van der Waals surface area (Å²) in [7, 11) is -9.02.